The van der Waals surface area contributed by atoms with Gasteiger partial charge < -0.3 is 5.11 Å². The number of carboxylic acids is 1. The van der Waals surface area contributed by atoms with E-state index in [-0.39, 0.29) is 0 Å². The van der Waals surface area contributed by atoms with E-state index in [1.165, 1.54) is 12.0 Å². The minimum atomic E-state index is -0.769. The maximum Gasteiger partial charge on any atom is 0.310 e. The molecule has 0 spiro atoms. The van der Waals surface area contributed by atoms with Gasteiger partial charge in [0.05, 0.1) is 5.92 Å². The summed E-state index contributed by atoms with van der Waals surface area (Å²) in [6.45, 7) is 6.13. The summed E-state index contributed by atoms with van der Waals surface area (Å²) in [6, 6.07) is 7.93. The maximum atomic E-state index is 10.8. The maximum absolute atomic E-state index is 10.8. The zero-order valence-corrected chi connectivity index (χ0v) is 10.2. The van der Waals surface area contributed by atoms with E-state index in [2.05, 4.69) is 13.8 Å². The highest BCUT2D eigenvalue weighted by atomic mass is 16.4. The van der Waals surface area contributed by atoms with Gasteiger partial charge in [-0.3, -0.25) is 4.79 Å². The summed E-state index contributed by atoms with van der Waals surface area (Å²) in [5.74, 6) is -0.480. The zero-order chi connectivity index (χ0) is 12.1. The molecule has 1 aromatic rings. The lowest BCUT2D eigenvalue weighted by Gasteiger charge is -2.08. The lowest BCUT2D eigenvalue weighted by Crippen LogP contribution is -2.07. The Hall–Kier alpha value is -1.31. The van der Waals surface area contributed by atoms with Gasteiger partial charge in [-0.15, -0.1) is 0 Å². The highest BCUT2D eigenvalue weighted by Crippen LogP contribution is 2.17. The molecule has 1 atom stereocenters. The highest BCUT2D eigenvalue weighted by molar-refractivity contribution is 5.75. The van der Waals surface area contributed by atoms with Gasteiger partial charge in [0.2, 0.25) is 0 Å². The molecular weight excluding hydrogens is 200 g/mol. The quantitative estimate of drug-likeness (QED) is 0.825. The third kappa shape index (κ3) is 3.69. The second-order valence-corrected chi connectivity index (χ2v) is 4.73. The lowest BCUT2D eigenvalue weighted by atomic mass is 9.97. The van der Waals surface area contributed by atoms with Gasteiger partial charge in [-0.1, -0.05) is 38.1 Å². The van der Waals surface area contributed by atoms with Gasteiger partial charge in [-0.05, 0) is 36.8 Å². The molecule has 0 saturated heterocycles. The van der Waals surface area contributed by atoms with Crippen LogP contribution in [0.1, 0.15) is 44.2 Å². The van der Waals surface area contributed by atoms with E-state index in [1.54, 1.807) is 6.92 Å². The van der Waals surface area contributed by atoms with Crippen LogP contribution in [0.4, 0.5) is 0 Å². The molecule has 0 bridgehead atoms. The Bertz CT molecular complexity index is 338. The average molecular weight is 220 g/mol. The molecule has 0 heterocycles. The summed E-state index contributed by atoms with van der Waals surface area (Å²) in [6.07, 6.45) is 2.24. The van der Waals surface area contributed by atoms with Gasteiger partial charge in [-0.25, -0.2) is 0 Å². The Morgan fingerprint density at radius 1 is 1.19 bits per heavy atom. The molecule has 1 rings (SSSR count). The second kappa shape index (κ2) is 5.69. The summed E-state index contributed by atoms with van der Waals surface area (Å²) >= 11 is 0. The van der Waals surface area contributed by atoms with E-state index in [4.69, 9.17) is 5.11 Å². The fraction of sp³-hybridized carbons (Fsp3) is 0.500. The third-order valence-electron chi connectivity index (χ3n) is 2.86. The Labute approximate surface area is 97.3 Å². The summed E-state index contributed by atoms with van der Waals surface area (Å²) < 4.78 is 0. The molecule has 0 amide bonds. The molecule has 0 fully saturated rings. The van der Waals surface area contributed by atoms with Crippen molar-refractivity contribution in [1.82, 2.24) is 0 Å². The highest BCUT2D eigenvalue weighted by Gasteiger charge is 2.12. The Balaban J connectivity index is 2.64. The minimum Gasteiger partial charge on any atom is -0.481 e. The molecular formula is C14H20O2. The molecule has 0 unspecified atom stereocenters. The predicted octanol–water partition coefficient (Wildman–Crippen LogP) is 3.46. The van der Waals surface area contributed by atoms with Crippen LogP contribution in [0.3, 0.4) is 0 Å². The van der Waals surface area contributed by atoms with Crippen molar-refractivity contribution in [3.8, 4) is 0 Å². The third-order valence-corrected chi connectivity index (χ3v) is 2.86. The predicted molar refractivity (Wildman–Crippen MR) is 65.7 cm³/mol. The van der Waals surface area contributed by atoms with Crippen molar-refractivity contribution < 1.29 is 9.90 Å². The summed E-state index contributed by atoms with van der Waals surface area (Å²) in [7, 11) is 0. The van der Waals surface area contributed by atoms with E-state index in [0.29, 0.717) is 5.92 Å². The van der Waals surface area contributed by atoms with Crippen LogP contribution in [0.5, 0.6) is 0 Å². The summed E-state index contributed by atoms with van der Waals surface area (Å²) in [4.78, 5) is 10.8. The van der Waals surface area contributed by atoms with Crippen LogP contribution >= 0.6 is 0 Å². The van der Waals surface area contributed by atoms with E-state index in [9.17, 15) is 4.79 Å². The fourth-order valence-corrected chi connectivity index (χ4v) is 1.57. The average Bonchev–Trinajstić information content (AvgIpc) is 2.26. The first-order valence-electron chi connectivity index (χ1n) is 5.82. The van der Waals surface area contributed by atoms with Crippen LogP contribution in [0.2, 0.25) is 0 Å². The van der Waals surface area contributed by atoms with Crippen molar-refractivity contribution >= 4 is 5.97 Å². The van der Waals surface area contributed by atoms with Crippen LogP contribution < -0.4 is 0 Å². The van der Waals surface area contributed by atoms with Gasteiger partial charge in [0.25, 0.3) is 0 Å². The van der Waals surface area contributed by atoms with Crippen molar-refractivity contribution in [2.75, 3.05) is 0 Å². The van der Waals surface area contributed by atoms with Crippen molar-refractivity contribution in [3.05, 3.63) is 35.4 Å². The Morgan fingerprint density at radius 2 is 1.75 bits per heavy atom. The van der Waals surface area contributed by atoms with Crippen LogP contribution in [0.25, 0.3) is 0 Å². The van der Waals surface area contributed by atoms with Gasteiger partial charge in [0, 0.05) is 0 Å². The van der Waals surface area contributed by atoms with Crippen molar-refractivity contribution in [3.63, 3.8) is 0 Å². The molecule has 2 nitrogen and oxygen atoms in total. The number of rotatable bonds is 5. The minimum absolute atomic E-state index is 0.417. The number of benzene rings is 1. The van der Waals surface area contributed by atoms with Crippen molar-refractivity contribution in [1.29, 1.82) is 0 Å². The standard InChI is InChI=1S/C14H20O2/c1-10(2)4-5-12-6-8-13(9-7-12)11(3)14(15)16/h6-11H,4-5H2,1-3H3,(H,15,16)/t11-/m0/s1. The van der Waals surface area contributed by atoms with E-state index in [1.807, 2.05) is 24.3 Å². The van der Waals surface area contributed by atoms with Crippen LogP contribution in [0, 0.1) is 5.92 Å². The van der Waals surface area contributed by atoms with Crippen LogP contribution in [-0.2, 0) is 11.2 Å². The van der Waals surface area contributed by atoms with Crippen molar-refractivity contribution in [2.45, 2.75) is 39.5 Å². The fourth-order valence-electron chi connectivity index (χ4n) is 1.57. The Morgan fingerprint density at radius 3 is 2.19 bits per heavy atom. The SMILES string of the molecule is CC(C)CCc1ccc([C@H](C)C(=O)O)cc1. The first-order valence-corrected chi connectivity index (χ1v) is 5.82. The van der Waals surface area contributed by atoms with Gasteiger partial charge in [0.1, 0.15) is 0 Å². The lowest BCUT2D eigenvalue weighted by molar-refractivity contribution is -0.138. The summed E-state index contributed by atoms with van der Waals surface area (Å²) in [5.41, 5.74) is 2.16. The number of carbonyl (C=O) groups is 1. The molecule has 16 heavy (non-hydrogen) atoms. The summed E-state index contributed by atoms with van der Waals surface area (Å²) in [5, 5.41) is 8.88. The monoisotopic (exact) mass is 220 g/mol. The molecule has 1 N–H and O–H groups in total. The number of aryl methyl sites for hydroxylation is 1. The van der Waals surface area contributed by atoms with E-state index in [0.717, 1.165) is 12.0 Å². The van der Waals surface area contributed by atoms with Gasteiger partial charge in [-0.2, -0.15) is 0 Å². The molecule has 1 aromatic carbocycles. The Kier molecular flexibility index (Phi) is 4.53. The normalized spacial score (nSPS) is 12.8. The van der Waals surface area contributed by atoms with Crippen LogP contribution in [-0.4, -0.2) is 11.1 Å². The van der Waals surface area contributed by atoms with Crippen molar-refractivity contribution in [2.24, 2.45) is 5.92 Å². The molecule has 0 radical (unpaired) electrons. The molecule has 0 aliphatic carbocycles. The first kappa shape index (κ1) is 12.8. The largest absolute Gasteiger partial charge is 0.481 e. The van der Waals surface area contributed by atoms with E-state index < -0.39 is 11.9 Å². The van der Waals surface area contributed by atoms with E-state index >= 15 is 0 Å². The number of aliphatic carboxylic acids is 1. The number of carboxylic acid groups (broad SMARTS) is 1. The molecule has 0 aromatic heterocycles. The first-order chi connectivity index (χ1) is 7.50. The second-order valence-electron chi connectivity index (χ2n) is 4.73. The molecule has 88 valence electrons. The number of hydrogen-bond acceptors (Lipinski definition) is 1. The zero-order valence-electron chi connectivity index (χ0n) is 10.2. The molecule has 0 aliphatic heterocycles. The molecule has 2 heteroatoms. The smallest absolute Gasteiger partial charge is 0.310 e. The molecule has 0 saturated carbocycles. The van der Waals surface area contributed by atoms with Crippen LogP contribution in [0.15, 0.2) is 24.3 Å². The topological polar surface area (TPSA) is 37.3 Å². The van der Waals surface area contributed by atoms with Gasteiger partial charge in [0.15, 0.2) is 0 Å². The number of hydrogen-bond donors (Lipinski definition) is 1. The molecule has 0 aliphatic rings. The van der Waals surface area contributed by atoms with Gasteiger partial charge >= 0.3 is 5.97 Å².